The predicted molar refractivity (Wildman–Crippen MR) is 120 cm³/mol. The molecule has 2 aromatic carbocycles. The van der Waals surface area contributed by atoms with Gasteiger partial charge in [0.15, 0.2) is 5.65 Å². The number of carbonyl (C=O) groups is 1. The van der Waals surface area contributed by atoms with Crippen LogP contribution < -0.4 is 21.7 Å². The van der Waals surface area contributed by atoms with E-state index in [4.69, 9.17) is 11.6 Å². The highest BCUT2D eigenvalue weighted by Gasteiger charge is 2.30. The van der Waals surface area contributed by atoms with E-state index in [1.165, 1.54) is 41.3 Å². The maximum atomic E-state index is 12.9. The number of anilines is 2. The minimum atomic E-state index is -4.62. The molecular weight excluding hydrogens is 489 g/mol. The standard InChI is InChI=1S/C20H17F3N8O3S/c21-20(22,23)12-2-1-3-13(8-12)30-35(33,34)14-6-4-11(5-7-14)17-16-18(24)26-10-27-19(16)31(29-17)9-15(32)28-25/h1-8,10,30H,9,25H2,(H,28,32)(H2,24,26,27). The van der Waals surface area contributed by atoms with E-state index in [9.17, 15) is 26.4 Å². The Labute approximate surface area is 196 Å². The Balaban J connectivity index is 1.67. The van der Waals surface area contributed by atoms with Crippen molar-refractivity contribution in [1.82, 2.24) is 25.2 Å². The smallest absolute Gasteiger partial charge is 0.383 e. The van der Waals surface area contributed by atoms with Crippen LogP contribution in [0.4, 0.5) is 24.7 Å². The van der Waals surface area contributed by atoms with Crippen LogP contribution >= 0.6 is 0 Å². The SMILES string of the molecule is NNC(=O)Cn1nc(-c2ccc(S(=O)(=O)Nc3cccc(C(F)(F)F)c3)cc2)c2c(N)ncnc21. The number of hydrazine groups is 1. The van der Waals surface area contributed by atoms with Crippen LogP contribution in [-0.2, 0) is 27.5 Å². The van der Waals surface area contributed by atoms with Gasteiger partial charge in [-0.05, 0) is 30.3 Å². The topological polar surface area (TPSA) is 171 Å². The first-order chi connectivity index (χ1) is 16.5. The summed E-state index contributed by atoms with van der Waals surface area (Å²) in [7, 11) is -4.20. The van der Waals surface area contributed by atoms with Crippen molar-refractivity contribution >= 4 is 38.5 Å². The summed E-state index contributed by atoms with van der Waals surface area (Å²) in [5, 5.41) is 4.69. The van der Waals surface area contributed by atoms with Crippen LogP contribution in [0.1, 0.15) is 5.56 Å². The number of nitrogen functional groups attached to an aromatic ring is 1. The molecule has 0 atom stereocenters. The number of carbonyl (C=O) groups excluding carboxylic acids is 1. The Morgan fingerprint density at radius 2 is 1.80 bits per heavy atom. The maximum absolute atomic E-state index is 12.9. The minimum Gasteiger partial charge on any atom is -0.383 e. The maximum Gasteiger partial charge on any atom is 0.416 e. The molecule has 2 aromatic heterocycles. The molecule has 0 aliphatic heterocycles. The number of amides is 1. The Morgan fingerprint density at radius 3 is 2.46 bits per heavy atom. The minimum absolute atomic E-state index is 0.0901. The molecule has 4 aromatic rings. The summed E-state index contributed by atoms with van der Waals surface area (Å²) in [6, 6.07) is 9.21. The molecule has 35 heavy (non-hydrogen) atoms. The summed E-state index contributed by atoms with van der Waals surface area (Å²) in [5.41, 5.74) is 7.73. The van der Waals surface area contributed by atoms with E-state index in [2.05, 4.69) is 19.8 Å². The zero-order valence-corrected chi connectivity index (χ0v) is 18.4. The van der Waals surface area contributed by atoms with Crippen molar-refractivity contribution in [1.29, 1.82) is 0 Å². The second-order valence-corrected chi connectivity index (χ2v) is 8.92. The van der Waals surface area contributed by atoms with Gasteiger partial charge in [-0.2, -0.15) is 18.3 Å². The molecule has 0 saturated carbocycles. The number of hydrogen-bond donors (Lipinski definition) is 4. The largest absolute Gasteiger partial charge is 0.416 e. The molecule has 0 radical (unpaired) electrons. The average molecular weight is 506 g/mol. The molecule has 11 nitrogen and oxygen atoms in total. The lowest BCUT2D eigenvalue weighted by atomic mass is 10.1. The molecule has 2 heterocycles. The van der Waals surface area contributed by atoms with E-state index in [1.807, 2.05) is 5.43 Å². The second kappa shape index (κ2) is 8.84. The molecule has 182 valence electrons. The van der Waals surface area contributed by atoms with Gasteiger partial charge in [0.05, 0.1) is 15.8 Å². The van der Waals surface area contributed by atoms with E-state index >= 15 is 0 Å². The summed E-state index contributed by atoms with van der Waals surface area (Å²) in [6.07, 6.45) is -3.42. The van der Waals surface area contributed by atoms with Gasteiger partial charge in [0.25, 0.3) is 15.9 Å². The van der Waals surface area contributed by atoms with E-state index in [1.54, 1.807) is 0 Å². The number of sulfonamides is 1. The fraction of sp³-hybridized carbons (Fsp3) is 0.100. The van der Waals surface area contributed by atoms with Crippen LogP contribution in [0.3, 0.4) is 0 Å². The van der Waals surface area contributed by atoms with Crippen molar-refractivity contribution in [3.05, 3.63) is 60.4 Å². The van der Waals surface area contributed by atoms with Crippen LogP contribution in [0.2, 0.25) is 0 Å². The number of nitrogens with zero attached hydrogens (tertiary/aromatic N) is 4. The van der Waals surface area contributed by atoms with Gasteiger partial charge < -0.3 is 5.73 Å². The fourth-order valence-electron chi connectivity index (χ4n) is 3.29. The first-order valence-corrected chi connectivity index (χ1v) is 11.2. The van der Waals surface area contributed by atoms with Gasteiger partial charge in [0.1, 0.15) is 24.4 Å². The molecule has 6 N–H and O–H groups in total. The Morgan fingerprint density at radius 1 is 1.09 bits per heavy atom. The zero-order valence-electron chi connectivity index (χ0n) is 17.6. The van der Waals surface area contributed by atoms with E-state index < -0.39 is 27.7 Å². The summed E-state index contributed by atoms with van der Waals surface area (Å²) in [4.78, 5) is 19.6. The third kappa shape index (κ3) is 4.85. The van der Waals surface area contributed by atoms with Crippen molar-refractivity contribution in [2.45, 2.75) is 17.6 Å². The number of nitrogens with one attached hydrogen (secondary N) is 2. The highest BCUT2D eigenvalue weighted by Crippen LogP contribution is 2.32. The van der Waals surface area contributed by atoms with Crippen LogP contribution in [0.5, 0.6) is 0 Å². The lowest BCUT2D eigenvalue weighted by Crippen LogP contribution is -2.33. The van der Waals surface area contributed by atoms with E-state index in [0.29, 0.717) is 17.0 Å². The summed E-state index contributed by atoms with van der Waals surface area (Å²) in [5.74, 6) is 4.69. The van der Waals surface area contributed by atoms with Crippen molar-refractivity contribution < 1.29 is 26.4 Å². The summed E-state index contributed by atoms with van der Waals surface area (Å²) >= 11 is 0. The molecule has 1 amide bonds. The van der Waals surface area contributed by atoms with E-state index in [0.717, 1.165) is 12.1 Å². The Hall–Kier alpha value is -4.24. The van der Waals surface area contributed by atoms with E-state index in [-0.39, 0.29) is 34.3 Å². The molecular formula is C20H17F3N8O3S. The molecule has 0 aliphatic carbocycles. The molecule has 0 aliphatic rings. The first kappa shape index (κ1) is 23.9. The normalized spacial score (nSPS) is 12.0. The Bertz CT molecular complexity index is 1520. The first-order valence-electron chi connectivity index (χ1n) is 9.76. The highest BCUT2D eigenvalue weighted by molar-refractivity contribution is 7.92. The second-order valence-electron chi connectivity index (χ2n) is 7.24. The number of benzene rings is 2. The highest BCUT2D eigenvalue weighted by atomic mass is 32.2. The number of nitrogens with two attached hydrogens (primary N) is 2. The number of rotatable bonds is 6. The van der Waals surface area contributed by atoms with Crippen molar-refractivity contribution in [3.8, 4) is 11.3 Å². The van der Waals surface area contributed by atoms with Gasteiger partial charge in [-0.3, -0.25) is 14.9 Å². The van der Waals surface area contributed by atoms with Gasteiger partial charge in [0, 0.05) is 11.3 Å². The molecule has 0 fully saturated rings. The third-order valence-electron chi connectivity index (χ3n) is 4.89. The molecule has 0 spiro atoms. The van der Waals surface area contributed by atoms with Gasteiger partial charge in [-0.15, -0.1) is 0 Å². The van der Waals surface area contributed by atoms with Gasteiger partial charge in [0.2, 0.25) is 0 Å². The molecule has 15 heteroatoms. The van der Waals surface area contributed by atoms with Gasteiger partial charge >= 0.3 is 6.18 Å². The molecule has 0 unspecified atom stereocenters. The van der Waals surface area contributed by atoms with Crippen LogP contribution in [-0.4, -0.2) is 34.1 Å². The molecule has 0 bridgehead atoms. The average Bonchev–Trinajstić information content (AvgIpc) is 3.18. The van der Waals surface area contributed by atoms with Gasteiger partial charge in [-0.25, -0.2) is 28.9 Å². The van der Waals surface area contributed by atoms with Crippen LogP contribution in [0.25, 0.3) is 22.3 Å². The van der Waals surface area contributed by atoms with Crippen molar-refractivity contribution in [2.75, 3.05) is 10.5 Å². The quantitative estimate of drug-likeness (QED) is 0.174. The summed E-state index contributed by atoms with van der Waals surface area (Å²) < 4.78 is 67.6. The van der Waals surface area contributed by atoms with Crippen molar-refractivity contribution in [3.63, 3.8) is 0 Å². The monoisotopic (exact) mass is 506 g/mol. The van der Waals surface area contributed by atoms with Crippen LogP contribution in [0.15, 0.2) is 59.8 Å². The number of aromatic nitrogens is 4. The lowest BCUT2D eigenvalue weighted by Gasteiger charge is -2.11. The fourth-order valence-corrected chi connectivity index (χ4v) is 4.34. The number of hydrogen-bond acceptors (Lipinski definition) is 8. The van der Waals surface area contributed by atoms with Gasteiger partial charge in [-0.1, -0.05) is 18.2 Å². The van der Waals surface area contributed by atoms with Crippen molar-refractivity contribution in [2.24, 2.45) is 5.84 Å². The predicted octanol–water partition coefficient (Wildman–Crippen LogP) is 1.89. The summed E-state index contributed by atoms with van der Waals surface area (Å²) in [6.45, 7) is -0.253. The molecule has 0 saturated heterocycles. The van der Waals surface area contributed by atoms with Crippen LogP contribution in [0, 0.1) is 0 Å². The third-order valence-corrected chi connectivity index (χ3v) is 6.29. The lowest BCUT2D eigenvalue weighted by molar-refractivity contribution is -0.137. The number of alkyl halides is 3. The zero-order chi connectivity index (χ0) is 25.4. The Kier molecular flexibility index (Phi) is 6.04. The number of halogens is 3. The number of fused-ring (bicyclic) bond motifs is 1. The molecule has 4 rings (SSSR count).